The molecular weight excluding hydrogens is 568 g/mol. The summed E-state index contributed by atoms with van der Waals surface area (Å²) in [5.41, 5.74) is 11.4. The van der Waals surface area contributed by atoms with Crippen molar-refractivity contribution >= 4 is 22.7 Å². The summed E-state index contributed by atoms with van der Waals surface area (Å²) in [4.78, 5) is 27.3. The highest BCUT2D eigenvalue weighted by Crippen LogP contribution is 2.44. The average molecular weight is 627 g/mol. The minimum Gasteiger partial charge on any atom is -0.465 e. The van der Waals surface area contributed by atoms with Crippen LogP contribution < -0.4 is 0 Å². The lowest BCUT2D eigenvalue weighted by Crippen LogP contribution is -2.25. The van der Waals surface area contributed by atoms with Crippen LogP contribution in [-0.2, 0) is 48.0 Å². The summed E-state index contributed by atoms with van der Waals surface area (Å²) in [5.74, 6) is -0.847. The lowest BCUT2D eigenvalue weighted by atomic mass is 9.71. The van der Waals surface area contributed by atoms with Crippen molar-refractivity contribution < 1.29 is 19.1 Å². The fraction of sp³-hybridized carbons (Fsp3) is 0.571. The van der Waals surface area contributed by atoms with Gasteiger partial charge in [0.1, 0.15) is 0 Å². The first-order valence-corrected chi connectivity index (χ1v) is 18.4. The Morgan fingerprint density at radius 3 is 1.20 bits per heavy atom. The zero-order valence-corrected chi connectivity index (χ0v) is 29.7. The summed E-state index contributed by atoms with van der Waals surface area (Å²) in [7, 11) is 2.86. The number of carbonyl (C=O) groups excluding carboxylic acids is 2. The maximum absolute atomic E-state index is 13.6. The van der Waals surface area contributed by atoms with Crippen molar-refractivity contribution in [1.29, 1.82) is 0 Å². The molecule has 0 aromatic heterocycles. The summed E-state index contributed by atoms with van der Waals surface area (Å²) in [6, 6.07) is 9.10. The molecule has 0 saturated carbocycles. The molecule has 0 spiro atoms. The molecule has 250 valence electrons. The van der Waals surface area contributed by atoms with Gasteiger partial charge in [0.2, 0.25) is 0 Å². The Bertz CT molecular complexity index is 1390. The number of hydrogen-bond donors (Lipinski definition) is 0. The van der Waals surface area contributed by atoms with E-state index in [0.29, 0.717) is 11.1 Å². The van der Waals surface area contributed by atoms with Crippen molar-refractivity contribution in [3.05, 3.63) is 79.9 Å². The Hall–Kier alpha value is -3.14. The van der Waals surface area contributed by atoms with Crippen LogP contribution in [-0.4, -0.2) is 26.2 Å². The van der Waals surface area contributed by atoms with E-state index in [1.807, 2.05) is 0 Å². The first-order valence-electron chi connectivity index (χ1n) is 18.4. The molecule has 0 fully saturated rings. The first-order chi connectivity index (χ1) is 22.5. The molecule has 0 aliphatic heterocycles. The Kier molecular flexibility index (Phi) is 13.7. The van der Waals surface area contributed by atoms with Crippen molar-refractivity contribution in [2.24, 2.45) is 0 Å². The van der Waals surface area contributed by atoms with Gasteiger partial charge in [0, 0.05) is 0 Å². The van der Waals surface area contributed by atoms with Gasteiger partial charge in [0.05, 0.1) is 25.3 Å². The second-order valence-corrected chi connectivity index (χ2v) is 13.3. The van der Waals surface area contributed by atoms with Crippen LogP contribution in [0.5, 0.6) is 0 Å². The average Bonchev–Trinajstić information content (AvgIpc) is 3.08. The molecule has 0 saturated heterocycles. The third-order valence-corrected chi connectivity index (χ3v) is 10.2. The predicted molar refractivity (Wildman–Crippen MR) is 192 cm³/mol. The molecule has 0 radical (unpaired) electrons. The van der Waals surface area contributed by atoms with Gasteiger partial charge in [0.15, 0.2) is 0 Å². The molecule has 0 amide bonds. The van der Waals surface area contributed by atoms with Crippen molar-refractivity contribution in [2.75, 3.05) is 14.2 Å². The van der Waals surface area contributed by atoms with Crippen molar-refractivity contribution in [2.45, 2.75) is 143 Å². The minimum absolute atomic E-state index is 0.423. The maximum Gasteiger partial charge on any atom is 0.339 e. The van der Waals surface area contributed by atoms with Crippen LogP contribution in [0.1, 0.15) is 170 Å². The fourth-order valence-corrected chi connectivity index (χ4v) is 7.82. The van der Waals surface area contributed by atoms with E-state index < -0.39 is 11.9 Å². The van der Waals surface area contributed by atoms with Gasteiger partial charge in [-0.1, -0.05) is 103 Å². The van der Waals surface area contributed by atoms with Crippen LogP contribution in [0.25, 0.3) is 10.8 Å². The topological polar surface area (TPSA) is 52.6 Å². The summed E-state index contributed by atoms with van der Waals surface area (Å²) in [5, 5.41) is 2.82. The van der Waals surface area contributed by atoms with Crippen molar-refractivity contribution in [3.63, 3.8) is 0 Å². The number of carbonyl (C=O) groups is 2. The van der Waals surface area contributed by atoms with Crippen LogP contribution in [0, 0.1) is 0 Å². The van der Waals surface area contributed by atoms with Gasteiger partial charge in [-0.15, -0.1) is 0 Å². The van der Waals surface area contributed by atoms with Crippen LogP contribution >= 0.6 is 0 Å². The monoisotopic (exact) mass is 626 g/mol. The fourth-order valence-electron chi connectivity index (χ4n) is 7.82. The van der Waals surface area contributed by atoms with Gasteiger partial charge in [-0.05, 0) is 119 Å². The molecule has 4 rings (SSSR count). The molecule has 0 N–H and O–H groups in total. The Morgan fingerprint density at radius 1 is 0.500 bits per heavy atom. The second-order valence-electron chi connectivity index (χ2n) is 13.3. The van der Waals surface area contributed by atoms with Gasteiger partial charge >= 0.3 is 11.9 Å². The molecule has 0 atom stereocenters. The highest BCUT2D eigenvalue weighted by Gasteiger charge is 2.35. The Balaban J connectivity index is 2.06. The van der Waals surface area contributed by atoms with E-state index in [2.05, 4.69) is 52.0 Å². The number of fused-ring (bicyclic) bond motifs is 3. The van der Waals surface area contributed by atoms with Crippen LogP contribution in [0.4, 0.5) is 0 Å². The second kappa shape index (κ2) is 17.7. The number of benzene rings is 3. The van der Waals surface area contributed by atoms with E-state index >= 15 is 0 Å². The zero-order valence-electron chi connectivity index (χ0n) is 29.7. The maximum atomic E-state index is 13.6. The number of hydrogen-bond acceptors (Lipinski definition) is 4. The lowest BCUT2D eigenvalue weighted by molar-refractivity contribution is 0.0552. The summed E-state index contributed by atoms with van der Waals surface area (Å²) < 4.78 is 10.8. The van der Waals surface area contributed by atoms with Gasteiger partial charge in [0.25, 0.3) is 0 Å². The van der Waals surface area contributed by atoms with Gasteiger partial charge in [-0.3, -0.25) is 0 Å². The van der Waals surface area contributed by atoms with E-state index in [4.69, 9.17) is 9.47 Å². The molecule has 46 heavy (non-hydrogen) atoms. The van der Waals surface area contributed by atoms with Crippen molar-refractivity contribution in [3.8, 4) is 0 Å². The molecule has 4 heteroatoms. The Labute approximate surface area is 278 Å². The number of esters is 2. The first kappa shape index (κ1) is 35.7. The smallest absolute Gasteiger partial charge is 0.339 e. The molecule has 1 aliphatic carbocycles. The number of aryl methyl sites for hydroxylation is 2. The van der Waals surface area contributed by atoms with Gasteiger partial charge in [-0.2, -0.15) is 0 Å². The summed E-state index contributed by atoms with van der Waals surface area (Å²) in [6.45, 7) is 8.91. The van der Waals surface area contributed by atoms with E-state index in [0.717, 1.165) is 75.3 Å². The molecule has 0 heterocycles. The highest BCUT2D eigenvalue weighted by molar-refractivity contribution is 6.06. The lowest BCUT2D eigenvalue weighted by Gasteiger charge is -2.33. The largest absolute Gasteiger partial charge is 0.465 e. The SMILES string of the molecule is CCCCCCc1c2c(c(CCCCCC)c3ccccc13)Cc1c(c(CCCC)c(C(=O)OC)c(C(=O)OC)c1CCCC)C2. The third kappa shape index (κ3) is 7.69. The number of ether oxygens (including phenoxy) is 2. The Morgan fingerprint density at radius 2 is 0.848 bits per heavy atom. The minimum atomic E-state index is -0.423. The molecule has 0 bridgehead atoms. The normalized spacial score (nSPS) is 12.2. The van der Waals surface area contributed by atoms with Crippen LogP contribution in [0.15, 0.2) is 24.3 Å². The van der Waals surface area contributed by atoms with E-state index in [1.165, 1.54) is 110 Å². The molecule has 0 unspecified atom stereocenters. The standard InChI is InChI=1S/C42H58O4/c1-7-11-15-17-23-31-29-25-19-20-26-30(29)32(24-18-16-12-8-2)36-28-38-34(22-14-10-4)40(42(44)46-6)39(41(43)45-5)33(21-13-9-3)37(38)27-35(31)36/h19-20,25-26H,7-18,21-24,27-28H2,1-6H3. The third-order valence-electron chi connectivity index (χ3n) is 10.2. The van der Waals surface area contributed by atoms with Crippen LogP contribution in [0.2, 0.25) is 0 Å². The van der Waals surface area contributed by atoms with Gasteiger partial charge in [-0.25, -0.2) is 9.59 Å². The van der Waals surface area contributed by atoms with E-state index in [1.54, 1.807) is 0 Å². The zero-order chi connectivity index (χ0) is 33.1. The number of unbranched alkanes of at least 4 members (excludes halogenated alkanes) is 8. The highest BCUT2D eigenvalue weighted by atomic mass is 16.5. The predicted octanol–water partition coefficient (Wildman–Crippen LogP) is 10.8. The molecule has 1 aliphatic rings. The van der Waals surface area contributed by atoms with Crippen LogP contribution in [0.3, 0.4) is 0 Å². The molecule has 4 nitrogen and oxygen atoms in total. The quantitative estimate of drug-likeness (QED) is 0.0814. The number of rotatable bonds is 18. The van der Waals surface area contributed by atoms with E-state index in [9.17, 15) is 9.59 Å². The molecular formula is C42H58O4. The van der Waals surface area contributed by atoms with Crippen molar-refractivity contribution in [1.82, 2.24) is 0 Å². The molecule has 3 aromatic rings. The van der Waals surface area contributed by atoms with Gasteiger partial charge < -0.3 is 9.47 Å². The molecule has 3 aromatic carbocycles. The number of methoxy groups -OCH3 is 2. The summed E-state index contributed by atoms with van der Waals surface area (Å²) in [6.07, 6.45) is 19.0. The summed E-state index contributed by atoms with van der Waals surface area (Å²) >= 11 is 0. The van der Waals surface area contributed by atoms with E-state index in [-0.39, 0.29) is 0 Å².